The van der Waals surface area contributed by atoms with Crippen molar-refractivity contribution in [3.63, 3.8) is 0 Å². The highest BCUT2D eigenvalue weighted by Gasteiger charge is 2.30. The van der Waals surface area contributed by atoms with Gasteiger partial charge in [-0.3, -0.25) is 9.69 Å². The average molecular weight is 414 g/mol. The van der Waals surface area contributed by atoms with Crippen molar-refractivity contribution in [3.8, 4) is 0 Å². The molecule has 5 heteroatoms. The van der Waals surface area contributed by atoms with Gasteiger partial charge >= 0.3 is 6.03 Å². The number of urea groups is 1. The first-order valence-corrected chi connectivity index (χ1v) is 10.7. The van der Waals surface area contributed by atoms with Crippen LogP contribution in [0.3, 0.4) is 0 Å². The van der Waals surface area contributed by atoms with Gasteiger partial charge in [-0.05, 0) is 48.7 Å². The molecule has 1 aliphatic rings. The number of hydrogen-bond acceptors (Lipinski definition) is 2. The van der Waals surface area contributed by atoms with Crippen molar-refractivity contribution < 1.29 is 9.59 Å². The minimum absolute atomic E-state index is 0.0171. The quantitative estimate of drug-likeness (QED) is 0.599. The van der Waals surface area contributed by atoms with E-state index in [0.29, 0.717) is 13.0 Å². The van der Waals surface area contributed by atoms with Crippen molar-refractivity contribution in [1.82, 2.24) is 4.90 Å². The molecular weight excluding hydrogens is 386 g/mol. The summed E-state index contributed by atoms with van der Waals surface area (Å²) in [7, 11) is 0. The third-order valence-electron chi connectivity index (χ3n) is 5.68. The summed E-state index contributed by atoms with van der Waals surface area (Å²) >= 11 is 0. The SMILES string of the molecule is CC(c1ccccc1)N1CCCN(c2ccc(NC(=O)Cc3ccccc3)cc2)C1=O. The Morgan fingerprint density at radius 1 is 0.903 bits per heavy atom. The van der Waals surface area contributed by atoms with Crippen LogP contribution >= 0.6 is 0 Å². The molecule has 3 amide bonds. The summed E-state index contributed by atoms with van der Waals surface area (Å²) in [5, 5.41) is 2.93. The number of nitrogens with zero attached hydrogens (tertiary/aromatic N) is 2. The Morgan fingerprint density at radius 2 is 1.55 bits per heavy atom. The molecule has 1 fully saturated rings. The van der Waals surface area contributed by atoms with Crippen molar-refractivity contribution in [2.24, 2.45) is 0 Å². The molecule has 1 saturated heterocycles. The third-order valence-corrected chi connectivity index (χ3v) is 5.68. The summed E-state index contributed by atoms with van der Waals surface area (Å²) in [4.78, 5) is 29.2. The number of hydrogen-bond donors (Lipinski definition) is 1. The number of carbonyl (C=O) groups excluding carboxylic acids is 2. The molecule has 3 aromatic carbocycles. The molecule has 4 rings (SSSR count). The average Bonchev–Trinajstić information content (AvgIpc) is 2.81. The van der Waals surface area contributed by atoms with Gasteiger partial charge in [0.1, 0.15) is 0 Å². The van der Waals surface area contributed by atoms with Crippen molar-refractivity contribution in [3.05, 3.63) is 96.1 Å². The maximum atomic E-state index is 13.2. The Hall–Kier alpha value is -3.60. The zero-order chi connectivity index (χ0) is 21.6. The lowest BCUT2D eigenvalue weighted by Crippen LogP contribution is -2.50. The monoisotopic (exact) mass is 413 g/mol. The van der Waals surface area contributed by atoms with Crippen LogP contribution in [0.25, 0.3) is 0 Å². The van der Waals surface area contributed by atoms with Gasteiger partial charge in [-0.25, -0.2) is 4.79 Å². The van der Waals surface area contributed by atoms with Gasteiger partial charge in [-0.15, -0.1) is 0 Å². The van der Waals surface area contributed by atoms with Crippen LogP contribution in [0.5, 0.6) is 0 Å². The summed E-state index contributed by atoms with van der Waals surface area (Å²) in [6.07, 6.45) is 1.25. The van der Waals surface area contributed by atoms with Gasteiger partial charge in [0.15, 0.2) is 0 Å². The van der Waals surface area contributed by atoms with Gasteiger partial charge in [0.2, 0.25) is 5.91 Å². The second kappa shape index (κ2) is 9.47. The van der Waals surface area contributed by atoms with E-state index in [0.717, 1.165) is 35.5 Å². The first kappa shape index (κ1) is 20.7. The highest BCUT2D eigenvalue weighted by molar-refractivity contribution is 5.95. The Bertz CT molecular complexity index is 1020. The van der Waals surface area contributed by atoms with E-state index in [-0.39, 0.29) is 18.0 Å². The smallest absolute Gasteiger partial charge is 0.324 e. The topological polar surface area (TPSA) is 52.6 Å². The molecule has 0 radical (unpaired) electrons. The number of rotatable bonds is 6. The van der Waals surface area contributed by atoms with E-state index in [2.05, 4.69) is 24.4 Å². The van der Waals surface area contributed by atoms with Crippen molar-refractivity contribution in [1.29, 1.82) is 0 Å². The molecule has 1 N–H and O–H groups in total. The molecule has 0 bridgehead atoms. The summed E-state index contributed by atoms with van der Waals surface area (Å²) in [5.74, 6) is -0.0594. The predicted octanol–water partition coefficient (Wildman–Crippen LogP) is 5.26. The summed E-state index contributed by atoms with van der Waals surface area (Å²) < 4.78 is 0. The fourth-order valence-electron chi connectivity index (χ4n) is 3.97. The Kier molecular flexibility index (Phi) is 6.32. The minimum atomic E-state index is -0.0594. The van der Waals surface area contributed by atoms with Crippen molar-refractivity contribution in [2.45, 2.75) is 25.8 Å². The fraction of sp³-hybridized carbons (Fsp3) is 0.231. The van der Waals surface area contributed by atoms with Crippen LogP contribution in [-0.4, -0.2) is 29.9 Å². The van der Waals surface area contributed by atoms with Crippen molar-refractivity contribution in [2.75, 3.05) is 23.3 Å². The maximum absolute atomic E-state index is 13.2. The Morgan fingerprint density at radius 3 is 2.23 bits per heavy atom. The first-order valence-electron chi connectivity index (χ1n) is 10.7. The zero-order valence-corrected chi connectivity index (χ0v) is 17.7. The van der Waals surface area contributed by atoms with Gasteiger partial charge in [0.25, 0.3) is 0 Å². The molecule has 1 unspecified atom stereocenters. The molecule has 0 aliphatic carbocycles. The van der Waals surface area contributed by atoms with E-state index in [1.165, 1.54) is 0 Å². The Labute approximate surface area is 183 Å². The lowest BCUT2D eigenvalue weighted by molar-refractivity contribution is -0.115. The molecule has 3 aromatic rings. The van der Waals surface area contributed by atoms with E-state index in [4.69, 9.17) is 0 Å². The van der Waals surface area contributed by atoms with E-state index < -0.39 is 0 Å². The molecule has 0 aromatic heterocycles. The highest BCUT2D eigenvalue weighted by atomic mass is 16.2. The van der Waals surface area contributed by atoms with Crippen LogP contribution < -0.4 is 10.2 Å². The lowest BCUT2D eigenvalue weighted by atomic mass is 10.1. The standard InChI is InChI=1S/C26H27N3O2/c1-20(22-11-6-3-7-12-22)28-17-8-18-29(26(28)31)24-15-13-23(14-16-24)27-25(30)19-21-9-4-2-5-10-21/h2-7,9-16,20H,8,17-19H2,1H3,(H,27,30). The largest absolute Gasteiger partial charge is 0.326 e. The van der Waals surface area contributed by atoms with Crippen LogP contribution in [0.2, 0.25) is 0 Å². The zero-order valence-electron chi connectivity index (χ0n) is 17.7. The summed E-state index contributed by atoms with van der Waals surface area (Å²) in [5.41, 5.74) is 3.68. The number of nitrogens with one attached hydrogen (secondary N) is 1. The molecule has 1 heterocycles. The Balaban J connectivity index is 1.41. The lowest BCUT2D eigenvalue weighted by Gasteiger charge is -2.39. The normalized spacial score (nSPS) is 14.9. The van der Waals surface area contributed by atoms with E-state index in [9.17, 15) is 9.59 Å². The second-order valence-electron chi connectivity index (χ2n) is 7.83. The van der Waals surface area contributed by atoms with E-state index in [1.54, 1.807) is 0 Å². The number of anilines is 2. The number of benzene rings is 3. The molecule has 158 valence electrons. The van der Waals surface area contributed by atoms with Crippen LogP contribution in [0, 0.1) is 0 Å². The van der Waals surface area contributed by atoms with E-state index in [1.807, 2.05) is 82.6 Å². The summed E-state index contributed by atoms with van der Waals surface area (Å²) in [6.45, 7) is 3.51. The van der Waals surface area contributed by atoms with Gasteiger partial charge in [0, 0.05) is 24.5 Å². The van der Waals surface area contributed by atoms with E-state index >= 15 is 0 Å². The van der Waals surface area contributed by atoms with Crippen molar-refractivity contribution >= 4 is 23.3 Å². The van der Waals surface area contributed by atoms with Gasteiger partial charge in [-0.1, -0.05) is 60.7 Å². The fourth-order valence-corrected chi connectivity index (χ4v) is 3.97. The second-order valence-corrected chi connectivity index (χ2v) is 7.83. The van der Waals surface area contributed by atoms with Gasteiger partial charge < -0.3 is 10.2 Å². The maximum Gasteiger partial charge on any atom is 0.324 e. The first-order chi connectivity index (χ1) is 15.1. The molecule has 1 atom stereocenters. The van der Waals surface area contributed by atoms with Gasteiger partial charge in [-0.2, -0.15) is 0 Å². The third kappa shape index (κ3) is 4.94. The minimum Gasteiger partial charge on any atom is -0.326 e. The van der Waals surface area contributed by atoms with Crippen LogP contribution in [0.15, 0.2) is 84.9 Å². The number of carbonyl (C=O) groups is 2. The highest BCUT2D eigenvalue weighted by Crippen LogP contribution is 2.28. The molecule has 0 spiro atoms. The van der Waals surface area contributed by atoms with Crippen LogP contribution in [0.4, 0.5) is 16.2 Å². The van der Waals surface area contributed by atoms with Crippen LogP contribution in [0.1, 0.15) is 30.5 Å². The molecule has 31 heavy (non-hydrogen) atoms. The van der Waals surface area contributed by atoms with Gasteiger partial charge in [0.05, 0.1) is 12.5 Å². The van der Waals surface area contributed by atoms with Crippen LogP contribution in [-0.2, 0) is 11.2 Å². The molecular formula is C26H27N3O2. The molecule has 5 nitrogen and oxygen atoms in total. The predicted molar refractivity (Wildman–Crippen MR) is 124 cm³/mol. The summed E-state index contributed by atoms with van der Waals surface area (Å²) in [6, 6.07) is 27.3. The molecule has 0 saturated carbocycles. The molecule has 1 aliphatic heterocycles. The number of amides is 3.